The number of nitrogens with zero attached hydrogens (tertiary/aromatic N) is 3. The van der Waals surface area contributed by atoms with Crippen LogP contribution >= 0.6 is 0 Å². The number of likely N-dealkylation sites (tertiary alicyclic amines) is 2. The summed E-state index contributed by atoms with van der Waals surface area (Å²) < 4.78 is 11.5. The summed E-state index contributed by atoms with van der Waals surface area (Å²) in [4.78, 5) is 45.4. The van der Waals surface area contributed by atoms with E-state index < -0.39 is 11.8 Å². The Labute approximate surface area is 194 Å². The first-order valence-electron chi connectivity index (χ1n) is 12.2. The minimum absolute atomic E-state index is 0.0285. The SMILES string of the molecule is COc1ccc(C(=O)N2[C@H](C(=O)N3CCCC3)COC23CCN(C(=O)C2CCC2)CC3)cc1. The number of methoxy groups -OCH3 is 1. The van der Waals surface area contributed by atoms with Gasteiger partial charge in [0.2, 0.25) is 11.8 Å². The molecule has 1 spiro atoms. The van der Waals surface area contributed by atoms with Crippen LogP contribution in [0, 0.1) is 5.92 Å². The first-order chi connectivity index (χ1) is 16.0. The van der Waals surface area contributed by atoms with E-state index in [4.69, 9.17) is 9.47 Å². The van der Waals surface area contributed by atoms with Crippen LogP contribution in [-0.2, 0) is 14.3 Å². The van der Waals surface area contributed by atoms with E-state index in [-0.39, 0.29) is 30.2 Å². The van der Waals surface area contributed by atoms with Gasteiger partial charge in [0.15, 0.2) is 0 Å². The molecule has 178 valence electrons. The number of hydrogen-bond acceptors (Lipinski definition) is 5. The van der Waals surface area contributed by atoms with E-state index in [0.717, 1.165) is 45.2 Å². The molecule has 0 unspecified atom stereocenters. The Morgan fingerprint density at radius 3 is 2.12 bits per heavy atom. The maximum Gasteiger partial charge on any atom is 0.256 e. The molecule has 3 aliphatic heterocycles. The minimum atomic E-state index is -0.854. The Morgan fingerprint density at radius 2 is 1.55 bits per heavy atom. The second-order valence-electron chi connectivity index (χ2n) is 9.66. The molecule has 3 amide bonds. The summed E-state index contributed by atoms with van der Waals surface area (Å²) in [5.41, 5.74) is -0.346. The Kier molecular flexibility index (Phi) is 6.03. The van der Waals surface area contributed by atoms with Crippen LogP contribution in [0.15, 0.2) is 24.3 Å². The van der Waals surface area contributed by atoms with Crippen LogP contribution in [0.2, 0.25) is 0 Å². The highest BCUT2D eigenvalue weighted by Gasteiger charge is 2.55. The smallest absolute Gasteiger partial charge is 0.256 e. The second kappa shape index (κ2) is 8.97. The van der Waals surface area contributed by atoms with Gasteiger partial charge in [0.05, 0.1) is 13.7 Å². The standard InChI is InChI=1S/C25H33N3O5/c1-32-20-9-7-19(8-10-20)23(30)28-21(24(31)26-13-2-3-14-26)17-33-25(28)11-15-27(16-12-25)22(29)18-5-4-6-18/h7-10,18,21H,2-6,11-17H2,1H3/t21-/m0/s1. The van der Waals surface area contributed by atoms with Crippen molar-refractivity contribution >= 4 is 17.7 Å². The molecule has 1 aromatic rings. The van der Waals surface area contributed by atoms with Gasteiger partial charge in [-0.15, -0.1) is 0 Å². The minimum Gasteiger partial charge on any atom is -0.497 e. The first kappa shape index (κ1) is 22.2. The molecule has 33 heavy (non-hydrogen) atoms. The first-order valence-corrected chi connectivity index (χ1v) is 12.2. The summed E-state index contributed by atoms with van der Waals surface area (Å²) in [5, 5.41) is 0. The number of carbonyl (C=O) groups is 3. The van der Waals surface area contributed by atoms with Gasteiger partial charge in [0.25, 0.3) is 5.91 Å². The molecule has 0 N–H and O–H groups in total. The predicted octanol–water partition coefficient (Wildman–Crippen LogP) is 2.28. The highest BCUT2D eigenvalue weighted by Crippen LogP contribution is 2.40. The van der Waals surface area contributed by atoms with Gasteiger partial charge in [-0.1, -0.05) is 6.42 Å². The summed E-state index contributed by atoms with van der Waals surface area (Å²) in [6.07, 6.45) is 6.12. The highest BCUT2D eigenvalue weighted by atomic mass is 16.5. The monoisotopic (exact) mass is 455 g/mol. The zero-order chi connectivity index (χ0) is 23.0. The molecule has 0 aromatic heterocycles. The third-order valence-electron chi connectivity index (χ3n) is 7.83. The Balaban J connectivity index is 1.39. The van der Waals surface area contributed by atoms with Crippen molar-refractivity contribution in [3.8, 4) is 5.75 Å². The quantitative estimate of drug-likeness (QED) is 0.696. The number of carbonyl (C=O) groups excluding carboxylic acids is 3. The van der Waals surface area contributed by atoms with Crippen LogP contribution in [-0.4, -0.2) is 84.1 Å². The summed E-state index contributed by atoms with van der Waals surface area (Å²) in [5.74, 6) is 0.828. The molecular formula is C25H33N3O5. The third kappa shape index (κ3) is 3.98. The highest BCUT2D eigenvalue weighted by molar-refractivity contribution is 5.98. The maximum absolute atomic E-state index is 13.8. The van der Waals surface area contributed by atoms with Crippen molar-refractivity contribution in [3.05, 3.63) is 29.8 Å². The average molecular weight is 456 g/mol. The van der Waals surface area contributed by atoms with E-state index >= 15 is 0 Å². The van der Waals surface area contributed by atoms with Crippen LogP contribution in [0.4, 0.5) is 0 Å². The molecule has 3 heterocycles. The van der Waals surface area contributed by atoms with Crippen molar-refractivity contribution in [2.75, 3.05) is 39.9 Å². The lowest BCUT2D eigenvalue weighted by Crippen LogP contribution is -2.60. The number of benzene rings is 1. The topological polar surface area (TPSA) is 79.4 Å². The molecule has 1 aliphatic carbocycles. The van der Waals surface area contributed by atoms with Crippen molar-refractivity contribution in [2.24, 2.45) is 5.92 Å². The molecule has 1 aromatic carbocycles. The lowest BCUT2D eigenvalue weighted by Gasteiger charge is -2.45. The van der Waals surface area contributed by atoms with Gasteiger partial charge in [-0.3, -0.25) is 19.3 Å². The molecule has 0 radical (unpaired) electrons. The van der Waals surface area contributed by atoms with Crippen molar-refractivity contribution in [1.29, 1.82) is 0 Å². The third-order valence-corrected chi connectivity index (χ3v) is 7.83. The summed E-state index contributed by atoms with van der Waals surface area (Å²) in [6.45, 7) is 2.76. The van der Waals surface area contributed by atoms with Crippen molar-refractivity contribution in [2.45, 2.75) is 56.7 Å². The number of rotatable bonds is 4. The van der Waals surface area contributed by atoms with Gasteiger partial charge < -0.3 is 19.3 Å². The number of ether oxygens (including phenoxy) is 2. The molecular weight excluding hydrogens is 422 g/mol. The molecule has 1 atom stereocenters. The van der Waals surface area contributed by atoms with Crippen molar-refractivity contribution < 1.29 is 23.9 Å². The molecule has 5 rings (SSSR count). The number of hydrogen-bond donors (Lipinski definition) is 0. The fourth-order valence-corrected chi connectivity index (χ4v) is 5.57. The fourth-order valence-electron chi connectivity index (χ4n) is 5.57. The van der Waals surface area contributed by atoms with Gasteiger partial charge >= 0.3 is 0 Å². The van der Waals surface area contributed by atoms with E-state index in [9.17, 15) is 14.4 Å². The van der Waals surface area contributed by atoms with Crippen LogP contribution < -0.4 is 4.74 Å². The Morgan fingerprint density at radius 1 is 0.909 bits per heavy atom. The Bertz CT molecular complexity index is 899. The Hall–Kier alpha value is -2.61. The molecule has 8 nitrogen and oxygen atoms in total. The van der Waals surface area contributed by atoms with Gasteiger partial charge in [0, 0.05) is 50.5 Å². The lowest BCUT2D eigenvalue weighted by atomic mass is 9.83. The van der Waals surface area contributed by atoms with E-state index in [1.54, 1.807) is 36.3 Å². The normalized spacial score (nSPS) is 24.8. The van der Waals surface area contributed by atoms with Gasteiger partial charge in [-0.2, -0.15) is 0 Å². The number of piperidine rings is 1. The average Bonchev–Trinajstić information content (AvgIpc) is 3.46. The van der Waals surface area contributed by atoms with Crippen LogP contribution in [0.25, 0.3) is 0 Å². The molecule has 0 bridgehead atoms. The molecule has 4 aliphatic rings. The summed E-state index contributed by atoms with van der Waals surface area (Å²) in [6, 6.07) is 6.36. The molecule has 3 saturated heterocycles. The van der Waals surface area contributed by atoms with Crippen LogP contribution in [0.1, 0.15) is 55.3 Å². The summed E-state index contributed by atoms with van der Waals surface area (Å²) in [7, 11) is 1.59. The van der Waals surface area contributed by atoms with Gasteiger partial charge in [0.1, 0.15) is 17.5 Å². The molecule has 1 saturated carbocycles. The van der Waals surface area contributed by atoms with Gasteiger partial charge in [-0.25, -0.2) is 0 Å². The lowest BCUT2D eigenvalue weighted by molar-refractivity contribution is -0.150. The van der Waals surface area contributed by atoms with E-state index in [1.807, 2.05) is 9.80 Å². The van der Waals surface area contributed by atoms with E-state index in [1.165, 1.54) is 0 Å². The zero-order valence-corrected chi connectivity index (χ0v) is 19.3. The van der Waals surface area contributed by atoms with Gasteiger partial charge in [-0.05, 0) is 49.9 Å². The fraction of sp³-hybridized carbons (Fsp3) is 0.640. The number of amides is 3. The predicted molar refractivity (Wildman–Crippen MR) is 121 cm³/mol. The van der Waals surface area contributed by atoms with Crippen LogP contribution in [0.5, 0.6) is 5.75 Å². The van der Waals surface area contributed by atoms with Crippen molar-refractivity contribution in [3.63, 3.8) is 0 Å². The van der Waals surface area contributed by atoms with Crippen LogP contribution in [0.3, 0.4) is 0 Å². The largest absolute Gasteiger partial charge is 0.497 e. The zero-order valence-electron chi connectivity index (χ0n) is 19.3. The van der Waals surface area contributed by atoms with E-state index in [2.05, 4.69) is 0 Å². The molecule has 8 heteroatoms. The summed E-state index contributed by atoms with van der Waals surface area (Å²) >= 11 is 0. The molecule has 4 fully saturated rings. The second-order valence-corrected chi connectivity index (χ2v) is 9.66. The maximum atomic E-state index is 13.8. The van der Waals surface area contributed by atoms with E-state index in [0.29, 0.717) is 37.2 Å². The van der Waals surface area contributed by atoms with Crippen molar-refractivity contribution in [1.82, 2.24) is 14.7 Å².